The Labute approximate surface area is 172 Å². The van der Waals surface area contributed by atoms with Gasteiger partial charge >= 0.3 is 0 Å². The van der Waals surface area contributed by atoms with E-state index >= 15 is 0 Å². The van der Waals surface area contributed by atoms with Crippen LogP contribution in [0.2, 0.25) is 0 Å². The fourth-order valence-corrected chi connectivity index (χ4v) is 3.48. The molecule has 2 amide bonds. The van der Waals surface area contributed by atoms with Crippen molar-refractivity contribution < 1.29 is 14.0 Å². The lowest BCUT2D eigenvalue weighted by Gasteiger charge is -2.11. The van der Waals surface area contributed by atoms with E-state index < -0.39 is 5.82 Å². The largest absolute Gasteiger partial charge is 0.355 e. The maximum absolute atomic E-state index is 13.7. The summed E-state index contributed by atoms with van der Waals surface area (Å²) in [6.45, 7) is 0.203. The lowest BCUT2D eigenvalue weighted by atomic mass is 10.1. The van der Waals surface area contributed by atoms with Crippen molar-refractivity contribution in [3.63, 3.8) is 0 Å². The van der Waals surface area contributed by atoms with E-state index in [1.807, 2.05) is 48.1 Å². The summed E-state index contributed by atoms with van der Waals surface area (Å²) < 4.78 is 15.5. The first-order chi connectivity index (χ1) is 14.0. The molecule has 0 radical (unpaired) electrons. The van der Waals surface area contributed by atoms with Gasteiger partial charge in [0.15, 0.2) is 5.16 Å². The van der Waals surface area contributed by atoms with Crippen LogP contribution in [0.15, 0.2) is 71.0 Å². The number of nitrogens with zero attached hydrogens (tertiary/aromatic N) is 2. The van der Waals surface area contributed by atoms with Crippen molar-refractivity contribution in [2.24, 2.45) is 7.05 Å². The normalized spacial score (nSPS) is 10.6. The van der Waals surface area contributed by atoms with Crippen molar-refractivity contribution in [1.29, 1.82) is 0 Å². The Kier molecular flexibility index (Phi) is 7.02. The highest BCUT2D eigenvalue weighted by Crippen LogP contribution is 2.32. The van der Waals surface area contributed by atoms with Crippen LogP contribution < -0.4 is 10.6 Å². The fourth-order valence-electron chi connectivity index (χ4n) is 2.61. The highest BCUT2D eigenvalue weighted by molar-refractivity contribution is 7.99. The van der Waals surface area contributed by atoms with Gasteiger partial charge in [0.2, 0.25) is 11.8 Å². The number of aryl methyl sites for hydroxylation is 1. The zero-order valence-corrected chi connectivity index (χ0v) is 16.7. The molecule has 2 N–H and O–H groups in total. The molecule has 150 valence electrons. The van der Waals surface area contributed by atoms with Crippen LogP contribution in [0.25, 0.3) is 0 Å². The number of anilines is 1. The molecule has 3 rings (SSSR count). The Morgan fingerprint density at radius 1 is 1.14 bits per heavy atom. The molecule has 0 aliphatic carbocycles. The summed E-state index contributed by atoms with van der Waals surface area (Å²) >= 11 is 1.33. The first-order valence-corrected chi connectivity index (χ1v) is 9.88. The zero-order chi connectivity index (χ0) is 20.6. The third-order valence-electron chi connectivity index (χ3n) is 4.08. The van der Waals surface area contributed by atoms with Gasteiger partial charge in [-0.25, -0.2) is 9.37 Å². The lowest BCUT2D eigenvalue weighted by Crippen LogP contribution is -2.29. The highest BCUT2D eigenvalue weighted by atomic mass is 32.2. The van der Waals surface area contributed by atoms with Gasteiger partial charge in [-0.15, -0.1) is 0 Å². The van der Waals surface area contributed by atoms with E-state index in [9.17, 15) is 14.0 Å². The summed E-state index contributed by atoms with van der Waals surface area (Å²) in [7, 11) is 1.86. The summed E-state index contributed by atoms with van der Waals surface area (Å²) in [4.78, 5) is 29.1. The summed E-state index contributed by atoms with van der Waals surface area (Å²) in [5.74, 6) is -0.904. The predicted molar refractivity (Wildman–Crippen MR) is 110 cm³/mol. The molecule has 29 heavy (non-hydrogen) atoms. The third kappa shape index (κ3) is 6.18. The number of hydrogen-bond acceptors (Lipinski definition) is 4. The van der Waals surface area contributed by atoms with E-state index in [1.54, 1.807) is 12.3 Å². The Bertz CT molecular complexity index is 991. The van der Waals surface area contributed by atoms with Crippen molar-refractivity contribution in [3.8, 4) is 0 Å². The molecule has 0 spiro atoms. The fraction of sp³-hybridized carbons (Fsp3) is 0.190. The molecule has 3 aromatic rings. The van der Waals surface area contributed by atoms with Gasteiger partial charge in [-0.3, -0.25) is 9.59 Å². The number of rotatable bonds is 8. The summed E-state index contributed by atoms with van der Waals surface area (Å²) in [6.07, 6.45) is 3.82. The van der Waals surface area contributed by atoms with Crippen molar-refractivity contribution >= 4 is 29.3 Å². The van der Waals surface area contributed by atoms with Gasteiger partial charge in [0.25, 0.3) is 0 Å². The Morgan fingerprint density at radius 2 is 1.93 bits per heavy atom. The van der Waals surface area contributed by atoms with Gasteiger partial charge < -0.3 is 15.2 Å². The van der Waals surface area contributed by atoms with Crippen molar-refractivity contribution in [2.45, 2.75) is 22.9 Å². The van der Waals surface area contributed by atoms with Gasteiger partial charge in [0, 0.05) is 37.3 Å². The van der Waals surface area contributed by atoms with Crippen molar-refractivity contribution in [1.82, 2.24) is 14.9 Å². The molecule has 8 heteroatoms. The third-order valence-corrected chi connectivity index (χ3v) is 5.23. The minimum absolute atomic E-state index is 0.0869. The number of aromatic nitrogens is 2. The van der Waals surface area contributed by atoms with Gasteiger partial charge in [-0.2, -0.15) is 0 Å². The van der Waals surface area contributed by atoms with Crippen LogP contribution in [0.3, 0.4) is 0 Å². The molecule has 0 bridgehead atoms. The number of benzene rings is 2. The minimum Gasteiger partial charge on any atom is -0.355 e. The zero-order valence-electron chi connectivity index (χ0n) is 15.9. The minimum atomic E-state index is -0.444. The molecule has 1 aromatic heterocycles. The molecule has 2 aromatic carbocycles. The Morgan fingerprint density at radius 3 is 2.66 bits per heavy atom. The van der Waals surface area contributed by atoms with E-state index in [0.29, 0.717) is 10.6 Å². The summed E-state index contributed by atoms with van der Waals surface area (Å²) in [5.41, 5.74) is 1.28. The van der Waals surface area contributed by atoms with Crippen LogP contribution in [0.5, 0.6) is 0 Å². The molecule has 0 aliphatic heterocycles. The van der Waals surface area contributed by atoms with Gasteiger partial charge in [0.1, 0.15) is 5.82 Å². The van der Waals surface area contributed by atoms with Gasteiger partial charge in [-0.1, -0.05) is 30.3 Å². The molecular formula is C21H21FN4O2S. The van der Waals surface area contributed by atoms with E-state index in [2.05, 4.69) is 15.6 Å². The first-order valence-electron chi connectivity index (χ1n) is 9.06. The SMILES string of the molecule is Cn1ccnc1Sc1ccc(F)cc1NC(=O)CCNC(=O)Cc1ccccc1. The van der Waals surface area contributed by atoms with Crippen molar-refractivity contribution in [2.75, 3.05) is 11.9 Å². The standard InChI is InChI=1S/C21H21FN4O2S/c1-26-12-11-24-21(26)29-18-8-7-16(22)14-17(18)25-19(27)9-10-23-20(28)13-15-5-3-2-4-6-15/h2-8,11-12,14H,9-10,13H2,1H3,(H,23,28)(H,25,27). The predicted octanol–water partition coefficient (Wildman–Crippen LogP) is 3.40. The van der Waals surface area contributed by atoms with E-state index in [0.717, 1.165) is 10.7 Å². The van der Waals surface area contributed by atoms with Crippen LogP contribution in [-0.4, -0.2) is 27.9 Å². The van der Waals surface area contributed by atoms with Gasteiger partial charge in [0.05, 0.1) is 12.1 Å². The molecule has 0 aliphatic rings. The van der Waals surface area contributed by atoms with Crippen LogP contribution in [0, 0.1) is 5.82 Å². The number of hydrogen-bond donors (Lipinski definition) is 2. The molecule has 0 atom stereocenters. The number of carbonyl (C=O) groups is 2. The van der Waals surface area contributed by atoms with Crippen molar-refractivity contribution in [3.05, 3.63) is 72.3 Å². The smallest absolute Gasteiger partial charge is 0.226 e. The number of amides is 2. The van der Waals surface area contributed by atoms with E-state index in [1.165, 1.54) is 23.9 Å². The Hall–Kier alpha value is -3.13. The molecule has 0 fully saturated rings. The molecule has 0 unspecified atom stereocenters. The van der Waals surface area contributed by atoms with Crippen LogP contribution in [-0.2, 0) is 23.1 Å². The second-order valence-corrected chi connectivity index (χ2v) is 7.38. The summed E-state index contributed by atoms with van der Waals surface area (Å²) in [5, 5.41) is 6.17. The molecule has 6 nitrogen and oxygen atoms in total. The summed E-state index contributed by atoms with van der Waals surface area (Å²) in [6, 6.07) is 13.6. The quantitative estimate of drug-likeness (QED) is 0.595. The second-order valence-electron chi connectivity index (χ2n) is 6.37. The molecule has 1 heterocycles. The maximum Gasteiger partial charge on any atom is 0.226 e. The number of halogens is 1. The van der Waals surface area contributed by atoms with Crippen LogP contribution in [0.1, 0.15) is 12.0 Å². The molecular weight excluding hydrogens is 391 g/mol. The van der Waals surface area contributed by atoms with E-state index in [-0.39, 0.29) is 31.2 Å². The number of carbonyl (C=O) groups excluding carboxylic acids is 2. The Balaban J connectivity index is 1.53. The van der Waals surface area contributed by atoms with Crippen LogP contribution in [0.4, 0.5) is 10.1 Å². The lowest BCUT2D eigenvalue weighted by molar-refractivity contribution is -0.120. The number of nitrogens with one attached hydrogen (secondary N) is 2. The van der Waals surface area contributed by atoms with E-state index in [4.69, 9.17) is 0 Å². The molecule has 0 saturated carbocycles. The average molecular weight is 412 g/mol. The van der Waals surface area contributed by atoms with Crippen LogP contribution >= 0.6 is 11.8 Å². The number of imidazole rings is 1. The molecule has 0 saturated heterocycles. The second kappa shape index (κ2) is 9.88. The average Bonchev–Trinajstić information content (AvgIpc) is 3.09. The maximum atomic E-state index is 13.7. The highest BCUT2D eigenvalue weighted by Gasteiger charge is 2.12. The monoisotopic (exact) mass is 412 g/mol. The first kappa shape index (κ1) is 20.6. The van der Waals surface area contributed by atoms with Gasteiger partial charge in [-0.05, 0) is 35.5 Å². The topological polar surface area (TPSA) is 76.0 Å².